The topological polar surface area (TPSA) is 25.2 Å². The highest BCUT2D eigenvalue weighted by Crippen LogP contribution is 2.36. The van der Waals surface area contributed by atoms with Gasteiger partial charge in [-0.3, -0.25) is 0 Å². The molecule has 1 N–H and O–H groups in total. The van der Waals surface area contributed by atoms with E-state index in [0.29, 0.717) is 11.3 Å². The Morgan fingerprint density at radius 2 is 2.33 bits per heavy atom. The molecule has 0 aromatic carbocycles. The Hall–Kier alpha value is -0.470. The van der Waals surface area contributed by atoms with Crippen molar-refractivity contribution in [3.63, 3.8) is 0 Å². The molecule has 1 atom stereocenters. The summed E-state index contributed by atoms with van der Waals surface area (Å²) in [6.07, 6.45) is 5.29. The first kappa shape index (κ1) is 11.0. The van der Waals surface area contributed by atoms with Crippen molar-refractivity contribution < 1.29 is 4.42 Å². The molecule has 1 aliphatic carbocycles. The lowest BCUT2D eigenvalue weighted by atomic mass is 10.1. The molecule has 1 aromatic heterocycles. The molecule has 1 aromatic rings. The Balaban J connectivity index is 1.91. The van der Waals surface area contributed by atoms with Gasteiger partial charge in [-0.1, -0.05) is 19.8 Å². The Morgan fingerprint density at radius 3 is 2.87 bits per heavy atom. The van der Waals surface area contributed by atoms with Gasteiger partial charge in [0.15, 0.2) is 5.22 Å². The molecule has 0 amide bonds. The van der Waals surface area contributed by atoms with Crippen LogP contribution < -0.4 is 5.32 Å². The zero-order chi connectivity index (χ0) is 10.7. The van der Waals surface area contributed by atoms with Gasteiger partial charge in [-0.15, -0.1) is 0 Å². The van der Waals surface area contributed by atoms with Crippen molar-refractivity contribution in [2.24, 2.45) is 5.92 Å². The minimum Gasteiger partial charge on any atom is -0.448 e. The zero-order valence-corrected chi connectivity index (χ0v) is 9.89. The third-order valence-electron chi connectivity index (χ3n) is 2.95. The van der Waals surface area contributed by atoms with Gasteiger partial charge in [0.25, 0.3) is 0 Å². The summed E-state index contributed by atoms with van der Waals surface area (Å²) in [5.74, 6) is 1.94. The maximum absolute atomic E-state index is 5.79. The molecule has 2 rings (SSSR count). The molecule has 0 aliphatic heterocycles. The summed E-state index contributed by atoms with van der Waals surface area (Å²) in [6, 6.07) is 4.13. The summed E-state index contributed by atoms with van der Waals surface area (Å²) >= 11 is 5.79. The second-order valence-electron chi connectivity index (χ2n) is 4.27. The van der Waals surface area contributed by atoms with Crippen LogP contribution in [-0.2, 0) is 0 Å². The van der Waals surface area contributed by atoms with E-state index < -0.39 is 0 Å². The first-order valence-electron chi connectivity index (χ1n) is 5.78. The Kier molecular flexibility index (Phi) is 3.71. The molecule has 1 saturated carbocycles. The summed E-state index contributed by atoms with van der Waals surface area (Å²) in [5.41, 5.74) is 0. The van der Waals surface area contributed by atoms with Crippen molar-refractivity contribution in [3.8, 4) is 0 Å². The SMILES string of the molecule is CCNC(CCC1CC1)c1ccc(Cl)o1. The van der Waals surface area contributed by atoms with E-state index in [1.54, 1.807) is 0 Å². The van der Waals surface area contributed by atoms with E-state index in [9.17, 15) is 0 Å². The van der Waals surface area contributed by atoms with Gasteiger partial charge in [-0.05, 0) is 49.0 Å². The van der Waals surface area contributed by atoms with Gasteiger partial charge in [-0.2, -0.15) is 0 Å². The Labute approximate surface area is 96.0 Å². The lowest BCUT2D eigenvalue weighted by Crippen LogP contribution is -2.20. The highest BCUT2D eigenvalue weighted by atomic mass is 35.5. The van der Waals surface area contributed by atoms with Crippen LogP contribution >= 0.6 is 11.6 Å². The molecule has 0 saturated heterocycles. The van der Waals surface area contributed by atoms with Crippen LogP contribution in [0.15, 0.2) is 16.5 Å². The predicted octanol–water partition coefficient (Wildman–Crippen LogP) is 3.77. The zero-order valence-electron chi connectivity index (χ0n) is 9.13. The van der Waals surface area contributed by atoms with Crippen molar-refractivity contribution in [1.29, 1.82) is 0 Å². The van der Waals surface area contributed by atoms with Crippen LogP contribution in [0.5, 0.6) is 0 Å². The molecule has 1 fully saturated rings. The van der Waals surface area contributed by atoms with Gasteiger partial charge < -0.3 is 9.73 Å². The molecule has 0 spiro atoms. The van der Waals surface area contributed by atoms with Crippen molar-refractivity contribution >= 4 is 11.6 Å². The summed E-state index contributed by atoms with van der Waals surface area (Å²) in [5, 5.41) is 3.93. The summed E-state index contributed by atoms with van der Waals surface area (Å²) in [4.78, 5) is 0. The minimum absolute atomic E-state index is 0.336. The lowest BCUT2D eigenvalue weighted by Gasteiger charge is -2.14. The van der Waals surface area contributed by atoms with Gasteiger partial charge in [0.05, 0.1) is 6.04 Å². The number of rotatable bonds is 6. The molecular formula is C12H18ClNO. The summed E-state index contributed by atoms with van der Waals surface area (Å²) in [7, 11) is 0. The molecule has 1 unspecified atom stereocenters. The maximum atomic E-state index is 5.79. The van der Waals surface area contributed by atoms with E-state index >= 15 is 0 Å². The fraction of sp³-hybridized carbons (Fsp3) is 0.667. The lowest BCUT2D eigenvalue weighted by molar-refractivity contribution is 0.389. The van der Waals surface area contributed by atoms with Gasteiger partial charge in [0.2, 0.25) is 0 Å². The number of furan rings is 1. The monoisotopic (exact) mass is 227 g/mol. The van der Waals surface area contributed by atoms with Crippen LogP contribution in [0.3, 0.4) is 0 Å². The Morgan fingerprint density at radius 1 is 1.53 bits per heavy atom. The molecule has 2 nitrogen and oxygen atoms in total. The largest absolute Gasteiger partial charge is 0.448 e. The highest BCUT2D eigenvalue weighted by molar-refractivity contribution is 6.28. The van der Waals surface area contributed by atoms with Crippen molar-refractivity contribution in [2.75, 3.05) is 6.54 Å². The molecule has 1 heterocycles. The third-order valence-corrected chi connectivity index (χ3v) is 3.15. The highest BCUT2D eigenvalue weighted by Gasteiger charge is 2.23. The second kappa shape index (κ2) is 5.04. The molecule has 15 heavy (non-hydrogen) atoms. The van der Waals surface area contributed by atoms with Crippen LogP contribution in [0.25, 0.3) is 0 Å². The Bertz CT molecular complexity index is 306. The first-order chi connectivity index (χ1) is 7.29. The number of nitrogens with one attached hydrogen (secondary N) is 1. The van der Waals surface area contributed by atoms with E-state index in [0.717, 1.165) is 24.6 Å². The summed E-state index contributed by atoms with van der Waals surface area (Å²) < 4.78 is 5.45. The van der Waals surface area contributed by atoms with Crippen LogP contribution in [0.1, 0.15) is 44.4 Å². The standard InChI is InChI=1S/C12H18ClNO/c1-2-14-10(6-5-9-3-4-9)11-7-8-12(13)15-11/h7-10,14H,2-6H2,1H3. The van der Waals surface area contributed by atoms with Gasteiger partial charge in [0, 0.05) is 0 Å². The van der Waals surface area contributed by atoms with Gasteiger partial charge in [-0.25, -0.2) is 0 Å². The quantitative estimate of drug-likeness (QED) is 0.800. The third kappa shape index (κ3) is 3.25. The minimum atomic E-state index is 0.336. The fourth-order valence-electron chi connectivity index (χ4n) is 1.92. The first-order valence-corrected chi connectivity index (χ1v) is 6.16. The van der Waals surface area contributed by atoms with Crippen molar-refractivity contribution in [1.82, 2.24) is 5.32 Å². The van der Waals surface area contributed by atoms with Gasteiger partial charge in [0.1, 0.15) is 5.76 Å². The number of hydrogen-bond acceptors (Lipinski definition) is 2. The van der Waals surface area contributed by atoms with Crippen LogP contribution in [0, 0.1) is 5.92 Å². The number of hydrogen-bond donors (Lipinski definition) is 1. The average Bonchev–Trinajstić information content (AvgIpc) is 2.95. The molecule has 0 bridgehead atoms. The van der Waals surface area contributed by atoms with Crippen molar-refractivity contribution in [2.45, 2.75) is 38.6 Å². The summed E-state index contributed by atoms with van der Waals surface area (Å²) in [6.45, 7) is 3.09. The predicted molar refractivity (Wildman–Crippen MR) is 62.1 cm³/mol. The van der Waals surface area contributed by atoms with E-state index in [1.807, 2.05) is 12.1 Å². The van der Waals surface area contributed by atoms with Crippen LogP contribution in [-0.4, -0.2) is 6.54 Å². The smallest absolute Gasteiger partial charge is 0.193 e. The van der Waals surface area contributed by atoms with E-state index in [1.165, 1.54) is 19.3 Å². The molecule has 1 aliphatic rings. The van der Waals surface area contributed by atoms with Crippen molar-refractivity contribution in [3.05, 3.63) is 23.1 Å². The van der Waals surface area contributed by atoms with E-state index in [2.05, 4.69) is 12.2 Å². The normalized spacial score (nSPS) is 18.0. The number of halogens is 1. The molecular weight excluding hydrogens is 210 g/mol. The fourth-order valence-corrected chi connectivity index (χ4v) is 2.07. The van der Waals surface area contributed by atoms with E-state index in [-0.39, 0.29) is 0 Å². The van der Waals surface area contributed by atoms with Gasteiger partial charge >= 0.3 is 0 Å². The van der Waals surface area contributed by atoms with E-state index in [4.69, 9.17) is 16.0 Å². The molecule has 0 radical (unpaired) electrons. The van der Waals surface area contributed by atoms with Crippen LogP contribution in [0.4, 0.5) is 0 Å². The van der Waals surface area contributed by atoms with Crippen LogP contribution in [0.2, 0.25) is 5.22 Å². The molecule has 3 heteroatoms. The average molecular weight is 228 g/mol. The second-order valence-corrected chi connectivity index (χ2v) is 4.65. The maximum Gasteiger partial charge on any atom is 0.193 e. The molecule has 84 valence electrons.